The Balaban J connectivity index is 2.05. The standard InChI is InChI=1S/C13H13F3N4O/c14-13(15,16)21-10-3-1-9(2-4-10)7-11(20-17)12-8-18-5-6-19-12/h1-6,8,11,20H,7,17H2. The van der Waals surface area contributed by atoms with Crippen molar-refractivity contribution in [3.8, 4) is 5.75 Å². The summed E-state index contributed by atoms with van der Waals surface area (Å²) in [4.78, 5) is 8.08. The van der Waals surface area contributed by atoms with Gasteiger partial charge >= 0.3 is 6.36 Å². The fourth-order valence-electron chi connectivity index (χ4n) is 1.80. The van der Waals surface area contributed by atoms with Crippen LogP contribution in [0.4, 0.5) is 13.2 Å². The molecule has 1 unspecified atom stereocenters. The van der Waals surface area contributed by atoms with Crippen molar-refractivity contribution in [2.24, 2.45) is 5.84 Å². The lowest BCUT2D eigenvalue weighted by molar-refractivity contribution is -0.274. The molecule has 0 aliphatic heterocycles. The Bertz CT molecular complexity index is 560. The molecule has 0 radical (unpaired) electrons. The van der Waals surface area contributed by atoms with Crippen LogP contribution in [0.15, 0.2) is 42.9 Å². The van der Waals surface area contributed by atoms with Crippen molar-refractivity contribution in [3.05, 3.63) is 54.1 Å². The molecule has 0 bridgehead atoms. The topological polar surface area (TPSA) is 73.1 Å². The first-order valence-electron chi connectivity index (χ1n) is 6.04. The highest BCUT2D eigenvalue weighted by Gasteiger charge is 2.30. The molecule has 1 aromatic carbocycles. The minimum atomic E-state index is -4.69. The van der Waals surface area contributed by atoms with Gasteiger partial charge in [0, 0.05) is 12.4 Å². The SMILES string of the molecule is NNC(Cc1ccc(OC(F)(F)F)cc1)c1cnccn1. The van der Waals surface area contributed by atoms with Gasteiger partial charge in [-0.2, -0.15) is 0 Å². The van der Waals surface area contributed by atoms with Gasteiger partial charge in [-0.3, -0.25) is 21.2 Å². The van der Waals surface area contributed by atoms with Crippen LogP contribution in [0, 0.1) is 0 Å². The van der Waals surface area contributed by atoms with Gasteiger partial charge in [0.25, 0.3) is 0 Å². The van der Waals surface area contributed by atoms with E-state index in [1.807, 2.05) is 0 Å². The quantitative estimate of drug-likeness (QED) is 0.653. The maximum absolute atomic E-state index is 12.1. The van der Waals surface area contributed by atoms with Crippen LogP contribution in [0.5, 0.6) is 5.75 Å². The van der Waals surface area contributed by atoms with Crippen LogP contribution in [0.1, 0.15) is 17.3 Å². The number of hydrogen-bond donors (Lipinski definition) is 2. The molecule has 1 heterocycles. The molecule has 0 saturated carbocycles. The van der Waals surface area contributed by atoms with Gasteiger partial charge in [-0.1, -0.05) is 12.1 Å². The smallest absolute Gasteiger partial charge is 0.406 e. The lowest BCUT2D eigenvalue weighted by Gasteiger charge is -2.15. The van der Waals surface area contributed by atoms with Gasteiger partial charge < -0.3 is 4.74 Å². The van der Waals surface area contributed by atoms with E-state index in [9.17, 15) is 13.2 Å². The van der Waals surface area contributed by atoms with Crippen LogP contribution in [0.25, 0.3) is 0 Å². The van der Waals surface area contributed by atoms with Crippen molar-refractivity contribution in [1.82, 2.24) is 15.4 Å². The van der Waals surface area contributed by atoms with Gasteiger partial charge in [-0.15, -0.1) is 13.2 Å². The predicted octanol–water partition coefficient (Wildman–Crippen LogP) is 2.12. The van der Waals surface area contributed by atoms with Crippen LogP contribution in [-0.2, 0) is 6.42 Å². The van der Waals surface area contributed by atoms with E-state index in [2.05, 4.69) is 20.1 Å². The Labute approximate surface area is 118 Å². The Morgan fingerprint density at radius 3 is 2.43 bits per heavy atom. The zero-order valence-corrected chi connectivity index (χ0v) is 10.8. The normalized spacial score (nSPS) is 13.0. The van der Waals surface area contributed by atoms with Crippen molar-refractivity contribution in [2.45, 2.75) is 18.8 Å². The Morgan fingerprint density at radius 1 is 1.19 bits per heavy atom. The number of rotatable bonds is 5. The number of ether oxygens (including phenoxy) is 1. The van der Waals surface area contributed by atoms with E-state index in [1.165, 1.54) is 12.1 Å². The molecule has 3 N–H and O–H groups in total. The van der Waals surface area contributed by atoms with Gasteiger partial charge in [0.2, 0.25) is 0 Å². The number of nitrogens with zero attached hydrogens (tertiary/aromatic N) is 2. The van der Waals surface area contributed by atoms with E-state index >= 15 is 0 Å². The molecular weight excluding hydrogens is 285 g/mol. The molecular formula is C13H13F3N4O. The summed E-state index contributed by atoms with van der Waals surface area (Å²) >= 11 is 0. The number of nitrogens with two attached hydrogens (primary N) is 1. The van der Waals surface area contributed by atoms with Gasteiger partial charge in [-0.05, 0) is 24.1 Å². The number of hydrazine groups is 1. The minimum Gasteiger partial charge on any atom is -0.406 e. The zero-order chi connectivity index (χ0) is 15.3. The maximum atomic E-state index is 12.1. The molecule has 0 amide bonds. The van der Waals surface area contributed by atoms with E-state index in [0.29, 0.717) is 12.1 Å². The summed E-state index contributed by atoms with van der Waals surface area (Å²) in [6, 6.07) is 5.32. The number of aromatic nitrogens is 2. The summed E-state index contributed by atoms with van der Waals surface area (Å²) in [5.41, 5.74) is 4.04. The van der Waals surface area contributed by atoms with E-state index in [1.54, 1.807) is 30.7 Å². The Morgan fingerprint density at radius 2 is 1.90 bits per heavy atom. The third-order valence-corrected chi connectivity index (χ3v) is 2.74. The lowest BCUT2D eigenvalue weighted by atomic mass is 10.0. The van der Waals surface area contributed by atoms with E-state index in [-0.39, 0.29) is 11.8 Å². The van der Waals surface area contributed by atoms with Gasteiger partial charge in [0.15, 0.2) is 0 Å². The largest absolute Gasteiger partial charge is 0.573 e. The summed E-state index contributed by atoms with van der Waals surface area (Å²) in [7, 11) is 0. The van der Waals surface area contributed by atoms with Crippen LogP contribution >= 0.6 is 0 Å². The minimum absolute atomic E-state index is 0.261. The summed E-state index contributed by atoms with van der Waals surface area (Å²) < 4.78 is 40.0. The van der Waals surface area contributed by atoms with E-state index in [4.69, 9.17) is 5.84 Å². The molecule has 0 spiro atoms. The van der Waals surface area contributed by atoms with Crippen LogP contribution < -0.4 is 16.0 Å². The molecule has 112 valence electrons. The molecule has 1 atom stereocenters. The fraction of sp³-hybridized carbons (Fsp3) is 0.231. The molecule has 8 heteroatoms. The molecule has 2 aromatic rings. The summed E-state index contributed by atoms with van der Waals surface area (Å²) in [5, 5.41) is 0. The summed E-state index contributed by atoms with van der Waals surface area (Å²) in [6.45, 7) is 0. The van der Waals surface area contributed by atoms with Crippen LogP contribution in [-0.4, -0.2) is 16.3 Å². The average Bonchev–Trinajstić information content (AvgIpc) is 2.46. The van der Waals surface area contributed by atoms with Crippen LogP contribution in [0.3, 0.4) is 0 Å². The molecule has 0 fully saturated rings. The van der Waals surface area contributed by atoms with E-state index < -0.39 is 6.36 Å². The number of halogens is 3. The molecule has 2 rings (SSSR count). The zero-order valence-electron chi connectivity index (χ0n) is 10.8. The van der Waals surface area contributed by atoms with Crippen molar-refractivity contribution < 1.29 is 17.9 Å². The van der Waals surface area contributed by atoms with Gasteiger partial charge in [0.05, 0.1) is 17.9 Å². The van der Waals surface area contributed by atoms with E-state index in [0.717, 1.165) is 5.56 Å². The second-order valence-corrected chi connectivity index (χ2v) is 4.25. The first-order valence-corrected chi connectivity index (χ1v) is 6.04. The number of alkyl halides is 3. The molecule has 0 aliphatic rings. The fourth-order valence-corrected chi connectivity index (χ4v) is 1.80. The first kappa shape index (κ1) is 15.2. The number of benzene rings is 1. The first-order chi connectivity index (χ1) is 9.98. The van der Waals surface area contributed by atoms with Gasteiger partial charge in [0.1, 0.15) is 5.75 Å². The maximum Gasteiger partial charge on any atom is 0.573 e. The summed E-state index contributed by atoms with van der Waals surface area (Å²) in [6.07, 6.45) is 0.427. The predicted molar refractivity (Wildman–Crippen MR) is 68.9 cm³/mol. The third kappa shape index (κ3) is 4.69. The summed E-state index contributed by atoms with van der Waals surface area (Å²) in [5.74, 6) is 5.21. The molecule has 0 aliphatic carbocycles. The lowest BCUT2D eigenvalue weighted by Crippen LogP contribution is -2.30. The second-order valence-electron chi connectivity index (χ2n) is 4.25. The molecule has 1 aromatic heterocycles. The van der Waals surface area contributed by atoms with Crippen LogP contribution in [0.2, 0.25) is 0 Å². The average molecular weight is 298 g/mol. The Hall–Kier alpha value is -2.19. The Kier molecular flexibility index (Phi) is 4.71. The van der Waals surface area contributed by atoms with Crippen molar-refractivity contribution >= 4 is 0 Å². The third-order valence-electron chi connectivity index (χ3n) is 2.74. The highest BCUT2D eigenvalue weighted by atomic mass is 19.4. The molecule has 0 saturated heterocycles. The molecule has 21 heavy (non-hydrogen) atoms. The van der Waals surface area contributed by atoms with Gasteiger partial charge in [-0.25, -0.2) is 0 Å². The monoisotopic (exact) mass is 298 g/mol. The van der Waals surface area contributed by atoms with Crippen molar-refractivity contribution in [2.75, 3.05) is 0 Å². The number of hydrogen-bond acceptors (Lipinski definition) is 5. The highest BCUT2D eigenvalue weighted by molar-refractivity contribution is 5.28. The highest BCUT2D eigenvalue weighted by Crippen LogP contribution is 2.24. The number of nitrogens with one attached hydrogen (secondary N) is 1. The second kappa shape index (κ2) is 6.51. The van der Waals surface area contributed by atoms with Crippen molar-refractivity contribution in [1.29, 1.82) is 0 Å². The van der Waals surface area contributed by atoms with Crippen molar-refractivity contribution in [3.63, 3.8) is 0 Å². The molecule has 5 nitrogen and oxygen atoms in total.